The lowest BCUT2D eigenvalue weighted by molar-refractivity contribution is -0.117. The number of hydrogen-bond donors (Lipinski definition) is 1. The maximum Gasteiger partial charge on any atom is 0.296 e. The first-order chi connectivity index (χ1) is 15.3. The van der Waals surface area contributed by atoms with Crippen molar-refractivity contribution in [1.29, 1.82) is 0 Å². The van der Waals surface area contributed by atoms with Crippen molar-refractivity contribution in [2.75, 3.05) is 4.90 Å². The number of ketones is 1. The second-order valence-electron chi connectivity index (χ2n) is 7.63. The number of nitrogens with zero attached hydrogens (tertiary/aromatic N) is 2. The molecular formula is C24H17BrN2O3S2. The third-order valence-corrected chi connectivity index (χ3v) is 7.75. The molecule has 0 radical (unpaired) electrons. The lowest BCUT2D eigenvalue weighted by atomic mass is 9.95. The Kier molecular flexibility index (Phi) is 5.23. The van der Waals surface area contributed by atoms with Gasteiger partial charge in [-0.25, -0.2) is 4.98 Å². The molecule has 160 valence electrons. The van der Waals surface area contributed by atoms with Crippen molar-refractivity contribution in [2.45, 2.75) is 19.9 Å². The van der Waals surface area contributed by atoms with Gasteiger partial charge in [0.25, 0.3) is 5.91 Å². The molecule has 32 heavy (non-hydrogen) atoms. The van der Waals surface area contributed by atoms with E-state index in [-0.39, 0.29) is 11.4 Å². The summed E-state index contributed by atoms with van der Waals surface area (Å²) in [5.41, 5.74) is 3.72. The van der Waals surface area contributed by atoms with E-state index in [1.54, 1.807) is 17.5 Å². The second kappa shape index (κ2) is 7.95. The van der Waals surface area contributed by atoms with Gasteiger partial charge in [0.2, 0.25) is 5.78 Å². The van der Waals surface area contributed by atoms with Crippen molar-refractivity contribution in [3.8, 4) is 0 Å². The predicted octanol–water partition coefficient (Wildman–Crippen LogP) is 6.52. The molecule has 3 heterocycles. The maximum absolute atomic E-state index is 13.4. The van der Waals surface area contributed by atoms with Crippen LogP contribution in [-0.4, -0.2) is 21.8 Å². The number of amides is 1. The molecule has 0 saturated carbocycles. The number of hydrogen-bond acceptors (Lipinski definition) is 6. The van der Waals surface area contributed by atoms with Crippen LogP contribution in [0.4, 0.5) is 5.13 Å². The number of aromatic nitrogens is 1. The van der Waals surface area contributed by atoms with E-state index in [9.17, 15) is 14.7 Å². The number of benzene rings is 2. The Hall–Kier alpha value is -2.81. The molecule has 4 aromatic rings. The Morgan fingerprint density at radius 1 is 1.16 bits per heavy atom. The molecule has 1 aliphatic heterocycles. The fraction of sp³-hybridized carbons (Fsp3) is 0.125. The van der Waals surface area contributed by atoms with Gasteiger partial charge in [0.15, 0.2) is 10.9 Å². The Bertz CT molecular complexity index is 1420. The summed E-state index contributed by atoms with van der Waals surface area (Å²) >= 11 is 6.14. The van der Waals surface area contributed by atoms with E-state index in [2.05, 4.69) is 15.9 Å². The van der Waals surface area contributed by atoms with Crippen molar-refractivity contribution in [1.82, 2.24) is 4.98 Å². The molecule has 1 amide bonds. The largest absolute Gasteiger partial charge is 0.503 e. The maximum atomic E-state index is 13.4. The van der Waals surface area contributed by atoms with Crippen LogP contribution in [0.1, 0.15) is 32.4 Å². The summed E-state index contributed by atoms with van der Waals surface area (Å²) in [6.07, 6.45) is 0. The number of fused-ring (bicyclic) bond motifs is 1. The van der Waals surface area contributed by atoms with Crippen LogP contribution in [0, 0.1) is 13.8 Å². The molecule has 5 nitrogen and oxygen atoms in total. The molecule has 0 fully saturated rings. The normalized spacial score (nSPS) is 16.4. The summed E-state index contributed by atoms with van der Waals surface area (Å²) < 4.78 is 1.77. The van der Waals surface area contributed by atoms with Gasteiger partial charge in [-0.05, 0) is 60.2 Å². The van der Waals surface area contributed by atoms with E-state index >= 15 is 0 Å². The first-order valence-corrected chi connectivity index (χ1v) is 12.3. The standard InChI is InChI=1S/C24H17BrN2O3S2/c1-12-9-13(2)19-17(10-12)32-24(26-19)27-20(14-5-3-6-15(25)11-14)18(22(29)23(27)30)21(28)16-7-4-8-31-16/h3-11,20,29H,1-2H3. The number of carbonyl (C=O) groups excluding carboxylic acids is 2. The summed E-state index contributed by atoms with van der Waals surface area (Å²) in [5, 5.41) is 13.1. The van der Waals surface area contributed by atoms with Gasteiger partial charge in [0.05, 0.1) is 26.7 Å². The van der Waals surface area contributed by atoms with Gasteiger partial charge in [-0.2, -0.15) is 0 Å². The Labute approximate surface area is 200 Å². The monoisotopic (exact) mass is 524 g/mol. The molecule has 5 rings (SSSR count). The minimum Gasteiger partial charge on any atom is -0.503 e. The van der Waals surface area contributed by atoms with Crippen molar-refractivity contribution >= 4 is 65.6 Å². The van der Waals surface area contributed by atoms with Crippen molar-refractivity contribution in [3.63, 3.8) is 0 Å². The summed E-state index contributed by atoms with van der Waals surface area (Å²) in [4.78, 5) is 33.3. The van der Waals surface area contributed by atoms with Crippen molar-refractivity contribution in [3.05, 3.63) is 91.3 Å². The highest BCUT2D eigenvalue weighted by Crippen LogP contribution is 2.45. The number of thiazole rings is 1. The first-order valence-electron chi connectivity index (χ1n) is 9.83. The summed E-state index contributed by atoms with van der Waals surface area (Å²) in [5.74, 6) is -1.50. The molecule has 2 aromatic carbocycles. The molecule has 0 aliphatic carbocycles. The van der Waals surface area contributed by atoms with E-state index in [1.165, 1.54) is 27.6 Å². The van der Waals surface area contributed by atoms with Gasteiger partial charge in [-0.15, -0.1) is 11.3 Å². The number of carbonyl (C=O) groups is 2. The third-order valence-electron chi connectivity index (χ3n) is 5.39. The molecule has 8 heteroatoms. The molecule has 0 spiro atoms. The van der Waals surface area contributed by atoms with Gasteiger partial charge < -0.3 is 5.11 Å². The van der Waals surface area contributed by atoms with Crippen LogP contribution in [0.2, 0.25) is 0 Å². The highest BCUT2D eigenvalue weighted by molar-refractivity contribution is 9.10. The van der Waals surface area contributed by atoms with Crippen LogP contribution in [0.5, 0.6) is 0 Å². The van der Waals surface area contributed by atoms with Gasteiger partial charge in [-0.1, -0.05) is 51.5 Å². The van der Waals surface area contributed by atoms with E-state index in [4.69, 9.17) is 4.98 Å². The molecular weight excluding hydrogens is 508 g/mol. The Morgan fingerprint density at radius 3 is 2.69 bits per heavy atom. The summed E-state index contributed by atoms with van der Waals surface area (Å²) in [6, 6.07) is 14.2. The Balaban J connectivity index is 1.71. The minimum absolute atomic E-state index is 0.0720. The van der Waals surface area contributed by atoms with Crippen LogP contribution in [0.25, 0.3) is 10.2 Å². The number of aryl methyl sites for hydroxylation is 2. The SMILES string of the molecule is Cc1cc(C)c2nc(N3C(=O)C(O)=C(C(=O)c4cccs4)C3c3cccc(Br)c3)sc2c1. The van der Waals surface area contributed by atoms with E-state index in [0.717, 1.165) is 25.8 Å². The van der Waals surface area contributed by atoms with E-state index < -0.39 is 17.7 Å². The molecule has 1 atom stereocenters. The topological polar surface area (TPSA) is 70.5 Å². The molecule has 2 aromatic heterocycles. The van der Waals surface area contributed by atoms with Crippen LogP contribution >= 0.6 is 38.6 Å². The lowest BCUT2D eigenvalue weighted by Gasteiger charge is -2.24. The zero-order valence-corrected chi connectivity index (χ0v) is 20.3. The number of aliphatic hydroxyl groups is 1. The van der Waals surface area contributed by atoms with E-state index in [0.29, 0.717) is 15.6 Å². The Morgan fingerprint density at radius 2 is 1.97 bits per heavy atom. The molecule has 1 unspecified atom stereocenters. The van der Waals surface area contributed by atoms with Gasteiger partial charge in [0, 0.05) is 4.47 Å². The van der Waals surface area contributed by atoms with Crippen LogP contribution in [0.15, 0.2) is 69.7 Å². The summed E-state index contributed by atoms with van der Waals surface area (Å²) in [7, 11) is 0. The number of aliphatic hydroxyl groups excluding tert-OH is 1. The number of Topliss-reactive ketones (excluding diaryl/α,β-unsaturated/α-hetero) is 1. The average Bonchev–Trinajstić information content (AvgIpc) is 3.47. The summed E-state index contributed by atoms with van der Waals surface area (Å²) in [6.45, 7) is 4.00. The fourth-order valence-electron chi connectivity index (χ4n) is 4.03. The van der Waals surface area contributed by atoms with Crippen LogP contribution < -0.4 is 4.90 Å². The predicted molar refractivity (Wildman–Crippen MR) is 132 cm³/mol. The van der Waals surface area contributed by atoms with Crippen molar-refractivity contribution < 1.29 is 14.7 Å². The van der Waals surface area contributed by atoms with E-state index in [1.807, 2.05) is 50.2 Å². The number of anilines is 1. The highest BCUT2D eigenvalue weighted by atomic mass is 79.9. The molecule has 0 bridgehead atoms. The average molecular weight is 525 g/mol. The lowest BCUT2D eigenvalue weighted by Crippen LogP contribution is -2.30. The van der Waals surface area contributed by atoms with Gasteiger partial charge in [-0.3, -0.25) is 14.5 Å². The second-order valence-corrected chi connectivity index (χ2v) is 10.5. The number of thiophene rings is 1. The quantitative estimate of drug-likeness (QED) is 0.308. The highest BCUT2D eigenvalue weighted by Gasteiger charge is 2.46. The van der Waals surface area contributed by atoms with Crippen LogP contribution in [-0.2, 0) is 4.79 Å². The van der Waals surface area contributed by atoms with Crippen LogP contribution in [0.3, 0.4) is 0 Å². The van der Waals surface area contributed by atoms with Crippen molar-refractivity contribution in [2.24, 2.45) is 0 Å². The van der Waals surface area contributed by atoms with Gasteiger partial charge >= 0.3 is 0 Å². The number of halogens is 1. The van der Waals surface area contributed by atoms with Gasteiger partial charge in [0.1, 0.15) is 0 Å². The molecule has 1 aliphatic rings. The first kappa shape index (κ1) is 21.1. The number of rotatable bonds is 4. The fourth-order valence-corrected chi connectivity index (χ4v) is 6.29. The smallest absolute Gasteiger partial charge is 0.296 e. The minimum atomic E-state index is -0.781. The zero-order chi connectivity index (χ0) is 22.6. The molecule has 0 saturated heterocycles. The zero-order valence-electron chi connectivity index (χ0n) is 17.1. The third kappa shape index (κ3) is 3.39. The molecule has 1 N–H and O–H groups in total.